The van der Waals surface area contributed by atoms with Crippen molar-refractivity contribution in [2.45, 2.75) is 112 Å². The number of benzene rings is 2. The van der Waals surface area contributed by atoms with Crippen LogP contribution in [0.5, 0.6) is 17.2 Å². The number of aliphatic hydroxyl groups is 1. The zero-order valence-electron chi connectivity index (χ0n) is 41.5. The van der Waals surface area contributed by atoms with Crippen LogP contribution in [0, 0.1) is 36.5 Å². The number of fused-ring (bicyclic) bond motifs is 13. The van der Waals surface area contributed by atoms with E-state index in [0.717, 1.165) is 25.5 Å². The molecule has 370 valence electrons. The summed E-state index contributed by atoms with van der Waals surface area (Å²) in [6.45, 7) is 21.5. The molecule has 9 rings (SSSR count). The van der Waals surface area contributed by atoms with E-state index >= 15 is 0 Å². The Kier molecular flexibility index (Phi) is 14.2. The zero-order chi connectivity index (χ0) is 49.5. The molecule has 69 heavy (non-hydrogen) atoms. The number of nitrogens with one attached hydrogen (secondary N) is 1. The molecule has 16 heteroatoms. The molecule has 2 fully saturated rings. The summed E-state index contributed by atoms with van der Waals surface area (Å²) in [5, 5.41) is 39.5. The molecule has 5 bridgehead atoms. The van der Waals surface area contributed by atoms with Crippen LogP contribution >= 0.6 is 0 Å². The van der Waals surface area contributed by atoms with Crippen molar-refractivity contribution in [1.29, 1.82) is 0 Å². The fraction of sp³-hybridized carbons (Fsp3) is 0.547. The van der Waals surface area contributed by atoms with Gasteiger partial charge in [-0.05, 0) is 68.6 Å². The summed E-state index contributed by atoms with van der Waals surface area (Å²) in [5.41, 5.74) is -0.321. The lowest BCUT2D eigenvalue weighted by molar-refractivity contribution is -0.112. The molecule has 0 radical (unpaired) electrons. The normalized spacial score (nSPS) is 29.4. The molecule has 4 N–H and O–H groups in total. The number of rotatable bonds is 4. The van der Waals surface area contributed by atoms with Gasteiger partial charge in [0.2, 0.25) is 0 Å². The number of ether oxygens (including phenoxy) is 3. The van der Waals surface area contributed by atoms with Crippen LogP contribution in [0.1, 0.15) is 97.0 Å². The van der Waals surface area contributed by atoms with E-state index in [1.807, 2.05) is 52.0 Å². The van der Waals surface area contributed by atoms with Crippen molar-refractivity contribution in [3.8, 4) is 17.2 Å². The van der Waals surface area contributed by atoms with Crippen molar-refractivity contribution in [2.24, 2.45) is 39.6 Å². The third-order valence-electron chi connectivity index (χ3n) is 14.7. The van der Waals surface area contributed by atoms with Crippen LogP contribution in [0.4, 0.5) is 16.3 Å². The van der Waals surface area contributed by atoms with Crippen molar-refractivity contribution < 1.29 is 43.9 Å². The first-order chi connectivity index (χ1) is 32.8. The molecule has 7 atom stereocenters. The molecule has 6 aliphatic heterocycles. The number of amides is 2. The lowest BCUT2D eigenvalue weighted by atomic mass is 9.80. The Morgan fingerprint density at radius 3 is 2.35 bits per heavy atom. The number of aromatic nitrogens is 1. The van der Waals surface area contributed by atoms with Crippen LogP contribution in [-0.4, -0.2) is 117 Å². The molecular formula is C53H69N7O9. The van der Waals surface area contributed by atoms with E-state index < -0.39 is 53.1 Å². The lowest BCUT2D eigenvalue weighted by Gasteiger charge is -2.38. The minimum Gasteiger partial charge on any atom is -0.507 e. The highest BCUT2D eigenvalue weighted by atomic mass is 16.7. The average molecular weight is 948 g/mol. The van der Waals surface area contributed by atoms with Crippen molar-refractivity contribution in [1.82, 2.24) is 14.8 Å². The standard InChI is InChI=1S/C53H69N7O9/c1-30(2)29-58-21-18-53(19-22-58)56-41-38-39-45(62)36(8)48-40(38)49(64)52(9,69-48)67-27-13-16-32(4)47(68-51(66)60-25-23-59(24-26-60)37-17-10-11-20-54-37)35(7)44(61)34(6)28-31(3)14-12-15-33(5)50(65)55-43(46(39)63)42(41)57-53/h10-15,17,20,27,30-32,34-35,44,47,61-63H,16,18-19,21-26,28-29H2,1-9H3,(H,55,65)/b14-12+,27-13+,33-15-/t31-,32+,34+,35+,44+,47?,52?/m0/s1. The molecule has 16 nitrogen and oxygen atoms in total. The summed E-state index contributed by atoms with van der Waals surface area (Å²) in [5.74, 6) is -3.27. The molecule has 7 heterocycles. The molecule has 2 saturated heterocycles. The number of anilines is 2. The molecule has 0 saturated carbocycles. The number of allylic oxidation sites excluding steroid dienone is 4. The predicted octanol–water partition coefficient (Wildman–Crippen LogP) is 6.94. The second-order valence-corrected chi connectivity index (χ2v) is 20.6. The Morgan fingerprint density at radius 1 is 0.957 bits per heavy atom. The van der Waals surface area contributed by atoms with E-state index in [9.17, 15) is 29.7 Å². The molecule has 2 amide bonds. The lowest BCUT2D eigenvalue weighted by Crippen LogP contribution is -2.51. The van der Waals surface area contributed by atoms with Crippen LogP contribution < -0.4 is 25.7 Å². The van der Waals surface area contributed by atoms with E-state index in [1.54, 1.807) is 43.2 Å². The molecular weight excluding hydrogens is 879 g/mol. The van der Waals surface area contributed by atoms with E-state index in [2.05, 4.69) is 33.9 Å². The first-order valence-corrected chi connectivity index (χ1v) is 24.6. The second-order valence-electron chi connectivity index (χ2n) is 20.6. The summed E-state index contributed by atoms with van der Waals surface area (Å²) in [6.07, 6.45) is 10.5. The van der Waals surface area contributed by atoms with Crippen LogP contribution in [0.2, 0.25) is 0 Å². The summed E-state index contributed by atoms with van der Waals surface area (Å²) in [4.78, 5) is 63.8. The quantitative estimate of drug-likeness (QED) is 0.197. The largest absolute Gasteiger partial charge is 0.507 e. The van der Waals surface area contributed by atoms with Crippen molar-refractivity contribution >= 4 is 40.1 Å². The fourth-order valence-corrected chi connectivity index (χ4v) is 10.7. The number of aliphatic hydroxyl groups excluding tert-OH is 1. The number of Topliss-reactive ketones (excluding diaryl/α,β-unsaturated/α-hetero) is 1. The second kappa shape index (κ2) is 19.8. The number of piperidine rings is 1. The van der Waals surface area contributed by atoms with E-state index in [0.29, 0.717) is 63.4 Å². The Labute approximate surface area is 404 Å². The molecule has 3 aromatic rings. The van der Waals surface area contributed by atoms with Crippen LogP contribution in [0.15, 0.2) is 70.5 Å². The number of aromatic hydroxyl groups is 2. The highest BCUT2D eigenvalue weighted by Crippen LogP contribution is 2.50. The highest BCUT2D eigenvalue weighted by Gasteiger charge is 2.50. The fourth-order valence-electron chi connectivity index (χ4n) is 10.7. The van der Waals surface area contributed by atoms with Gasteiger partial charge < -0.3 is 49.5 Å². The molecule has 0 aliphatic carbocycles. The average Bonchev–Trinajstić information content (AvgIpc) is 3.83. The summed E-state index contributed by atoms with van der Waals surface area (Å²) >= 11 is 0. The number of ketones is 1. The van der Waals surface area contributed by atoms with Gasteiger partial charge in [-0.1, -0.05) is 65.8 Å². The molecule has 2 aromatic carbocycles. The maximum atomic E-state index is 14.8. The monoisotopic (exact) mass is 948 g/mol. The molecule has 1 spiro atoms. The van der Waals surface area contributed by atoms with Gasteiger partial charge in [0.25, 0.3) is 11.7 Å². The number of carbonyl (C=O) groups is 3. The Hall–Kier alpha value is -6.00. The van der Waals surface area contributed by atoms with Gasteiger partial charge in [-0.3, -0.25) is 19.6 Å². The van der Waals surface area contributed by atoms with Gasteiger partial charge in [-0.2, -0.15) is 0 Å². The Bertz CT molecular complexity index is 2690. The smallest absolute Gasteiger partial charge is 0.410 e. The topological polar surface area (TPSA) is 199 Å². The predicted molar refractivity (Wildman–Crippen MR) is 263 cm³/mol. The number of nitrogens with zero attached hydrogens (tertiary/aromatic N) is 6. The van der Waals surface area contributed by atoms with Gasteiger partial charge in [0.1, 0.15) is 34.5 Å². The van der Waals surface area contributed by atoms with Gasteiger partial charge in [0, 0.05) is 94.2 Å². The third kappa shape index (κ3) is 9.79. The Balaban J connectivity index is 1.15. The molecule has 2 unspecified atom stereocenters. The van der Waals surface area contributed by atoms with Crippen LogP contribution in [0.3, 0.4) is 0 Å². The van der Waals surface area contributed by atoms with Gasteiger partial charge in [-0.25, -0.2) is 9.78 Å². The Morgan fingerprint density at radius 2 is 1.67 bits per heavy atom. The number of phenols is 2. The first-order valence-electron chi connectivity index (χ1n) is 24.6. The number of carbonyl (C=O) groups excluding carboxylic acids is 3. The number of pyridine rings is 1. The van der Waals surface area contributed by atoms with Gasteiger partial charge in [0.05, 0.1) is 28.7 Å². The number of likely N-dealkylation sites (tertiary alicyclic amines) is 1. The summed E-state index contributed by atoms with van der Waals surface area (Å²) in [7, 11) is 0. The highest BCUT2D eigenvalue weighted by molar-refractivity contribution is 6.19. The number of hydrogen-bond donors (Lipinski definition) is 4. The van der Waals surface area contributed by atoms with Crippen molar-refractivity contribution in [3.63, 3.8) is 0 Å². The number of hydrogen-bond acceptors (Lipinski definition) is 14. The zero-order valence-corrected chi connectivity index (χ0v) is 41.5. The van der Waals surface area contributed by atoms with Crippen molar-refractivity contribution in [3.05, 3.63) is 82.4 Å². The van der Waals surface area contributed by atoms with E-state index in [4.69, 9.17) is 24.2 Å². The molecule has 1 aromatic heterocycles. The SMILES string of the molecule is C/C1=C/C=C/[C@H](C)C[C@@H](C)[C@@H](O)[C@@H](C)C(OC(=O)N2CCN(c3ccccn3)CC2)[C@H](C)C/C=C/OC2(C)Oc3c(C)c(O)c4c(O)c(c5c(c4c3C2=O)=NC2(CCN(CC(C)C)CC2)N=5)NC1=O. The third-order valence-corrected chi connectivity index (χ3v) is 14.7. The van der Waals surface area contributed by atoms with Gasteiger partial charge >= 0.3 is 11.9 Å². The van der Waals surface area contributed by atoms with Gasteiger partial charge in [-0.15, -0.1) is 0 Å². The maximum absolute atomic E-state index is 14.8. The van der Waals surface area contributed by atoms with E-state index in [-0.39, 0.29) is 67.6 Å². The minimum atomic E-state index is -1.89. The number of phenolic OH excluding ortho intramolecular Hbond substituents is 2. The van der Waals surface area contributed by atoms with Crippen molar-refractivity contribution in [2.75, 3.05) is 56.0 Å². The number of piperazine rings is 1. The molecule has 6 aliphatic rings. The van der Waals surface area contributed by atoms with Crippen LogP contribution in [0.25, 0.3) is 10.8 Å². The first kappa shape index (κ1) is 49.4. The summed E-state index contributed by atoms with van der Waals surface area (Å²) < 4.78 is 18.9. The van der Waals surface area contributed by atoms with Crippen LogP contribution in [-0.2, 0) is 14.3 Å². The minimum absolute atomic E-state index is 0.00351. The summed E-state index contributed by atoms with van der Waals surface area (Å²) in [6, 6.07) is 5.76. The van der Waals surface area contributed by atoms with Gasteiger partial charge in [0.15, 0.2) is 11.4 Å². The van der Waals surface area contributed by atoms with E-state index in [1.165, 1.54) is 13.2 Å². The maximum Gasteiger partial charge on any atom is 0.410 e.